The summed E-state index contributed by atoms with van der Waals surface area (Å²) in [4.78, 5) is 11.0. The molecule has 4 atom stereocenters. The molecule has 9 heteroatoms. The van der Waals surface area contributed by atoms with Crippen molar-refractivity contribution in [3.8, 4) is 0 Å². The van der Waals surface area contributed by atoms with Gasteiger partial charge in [0.25, 0.3) is 10.1 Å². The Hall–Kier alpha value is -0.190. The number of hydrogen-bond donors (Lipinski definition) is 0. The minimum atomic E-state index is -3.66. The molecule has 0 unspecified atom stereocenters. The van der Waals surface area contributed by atoms with Crippen molar-refractivity contribution in [3.63, 3.8) is 0 Å². The van der Waals surface area contributed by atoms with E-state index in [1.807, 2.05) is 0 Å². The van der Waals surface area contributed by atoms with Crippen LogP contribution in [-0.4, -0.2) is 55.9 Å². The van der Waals surface area contributed by atoms with E-state index in [9.17, 15) is 13.2 Å². The van der Waals surface area contributed by atoms with Gasteiger partial charge in [-0.05, 0) is 13.8 Å². The van der Waals surface area contributed by atoms with E-state index in [1.54, 1.807) is 13.8 Å². The van der Waals surface area contributed by atoms with Crippen LogP contribution in [-0.2, 0) is 33.3 Å². The number of rotatable bonds is 4. The zero-order chi connectivity index (χ0) is 15.1. The minimum Gasteiger partial charge on any atom is -0.343 e. The summed E-state index contributed by atoms with van der Waals surface area (Å²) < 4.78 is 44.6. The van der Waals surface area contributed by atoms with Gasteiger partial charge >= 0.3 is 0 Å². The van der Waals surface area contributed by atoms with Crippen LogP contribution < -0.4 is 0 Å². The van der Waals surface area contributed by atoms with E-state index in [2.05, 4.69) is 0 Å². The molecule has 2 rings (SSSR count). The third kappa shape index (κ3) is 3.92. The molecule has 2 aliphatic rings. The molecular formula is C11H18O7S2. The molecule has 2 saturated heterocycles. The lowest BCUT2D eigenvalue weighted by Gasteiger charge is -2.24. The Morgan fingerprint density at radius 2 is 2.00 bits per heavy atom. The molecule has 0 saturated carbocycles. The van der Waals surface area contributed by atoms with Crippen molar-refractivity contribution in [2.75, 3.05) is 12.0 Å². The van der Waals surface area contributed by atoms with Crippen LogP contribution in [0.1, 0.15) is 20.8 Å². The second-order valence-corrected chi connectivity index (χ2v) is 8.01. The van der Waals surface area contributed by atoms with Crippen LogP contribution in [0.3, 0.4) is 0 Å². The Bertz CT molecular complexity index is 487. The van der Waals surface area contributed by atoms with Gasteiger partial charge in [0.1, 0.15) is 18.3 Å². The first-order valence-corrected chi connectivity index (χ1v) is 8.90. The zero-order valence-corrected chi connectivity index (χ0v) is 13.3. The van der Waals surface area contributed by atoms with Gasteiger partial charge in [0.05, 0.1) is 6.26 Å². The van der Waals surface area contributed by atoms with Crippen LogP contribution in [0.4, 0.5) is 0 Å². The van der Waals surface area contributed by atoms with Gasteiger partial charge in [0.2, 0.25) is 0 Å². The molecule has 0 aromatic carbocycles. The normalized spacial score (nSPS) is 36.0. The molecule has 0 radical (unpaired) electrons. The van der Waals surface area contributed by atoms with Crippen LogP contribution >= 0.6 is 11.8 Å². The van der Waals surface area contributed by atoms with Gasteiger partial charge in [-0.25, -0.2) is 0 Å². The predicted octanol–water partition coefficient (Wildman–Crippen LogP) is 0.487. The standard InChI is InChI=1S/C11H18O7S2/c1-6(12)19-5-7-8(18-20(4,13)14)9-10(15-7)17-11(2,3)16-9/h7-10H,5H2,1-4H3/t7-,8-,9-,10-/m0/s1. The molecule has 0 bridgehead atoms. The summed E-state index contributed by atoms with van der Waals surface area (Å²) in [5.74, 6) is -0.567. The summed E-state index contributed by atoms with van der Waals surface area (Å²) in [6, 6.07) is 0. The Labute approximate surface area is 122 Å². The lowest BCUT2D eigenvalue weighted by atomic mass is 10.1. The van der Waals surface area contributed by atoms with Gasteiger partial charge in [0, 0.05) is 12.7 Å². The topological polar surface area (TPSA) is 88.1 Å². The van der Waals surface area contributed by atoms with E-state index in [0.717, 1.165) is 18.0 Å². The number of ether oxygens (including phenoxy) is 3. The van der Waals surface area contributed by atoms with E-state index >= 15 is 0 Å². The molecule has 2 fully saturated rings. The zero-order valence-electron chi connectivity index (χ0n) is 11.7. The molecule has 0 aromatic heterocycles. The quantitative estimate of drug-likeness (QED) is 0.690. The van der Waals surface area contributed by atoms with Crippen LogP contribution in [0.25, 0.3) is 0 Å². The maximum Gasteiger partial charge on any atom is 0.264 e. The molecule has 2 heterocycles. The van der Waals surface area contributed by atoms with Crippen LogP contribution in [0.2, 0.25) is 0 Å². The Balaban J connectivity index is 2.12. The second kappa shape index (κ2) is 5.54. The monoisotopic (exact) mass is 326 g/mol. The number of fused-ring (bicyclic) bond motifs is 1. The fourth-order valence-electron chi connectivity index (χ4n) is 2.20. The van der Waals surface area contributed by atoms with E-state index in [4.69, 9.17) is 18.4 Å². The largest absolute Gasteiger partial charge is 0.343 e. The molecule has 0 spiro atoms. The molecule has 2 aliphatic heterocycles. The van der Waals surface area contributed by atoms with Crippen molar-refractivity contribution < 1.29 is 31.6 Å². The SMILES string of the molecule is CC(=O)SC[C@@H]1O[C@H]2OC(C)(C)O[C@H]2[C@H]1OS(C)(=O)=O. The molecule has 7 nitrogen and oxygen atoms in total. The first kappa shape index (κ1) is 16.2. The summed E-state index contributed by atoms with van der Waals surface area (Å²) in [6.07, 6.45) is -1.74. The Morgan fingerprint density at radius 1 is 1.35 bits per heavy atom. The molecule has 0 amide bonds. The first-order chi connectivity index (χ1) is 9.07. The second-order valence-electron chi connectivity index (χ2n) is 5.21. The first-order valence-electron chi connectivity index (χ1n) is 6.10. The maximum atomic E-state index is 11.4. The highest BCUT2D eigenvalue weighted by atomic mass is 32.2. The van der Waals surface area contributed by atoms with Crippen molar-refractivity contribution in [3.05, 3.63) is 0 Å². The Morgan fingerprint density at radius 3 is 2.55 bits per heavy atom. The van der Waals surface area contributed by atoms with Gasteiger partial charge in [-0.1, -0.05) is 11.8 Å². The van der Waals surface area contributed by atoms with Gasteiger partial charge in [-0.3, -0.25) is 8.98 Å². The van der Waals surface area contributed by atoms with Crippen molar-refractivity contribution in [1.82, 2.24) is 0 Å². The van der Waals surface area contributed by atoms with Crippen molar-refractivity contribution >= 4 is 27.0 Å². The highest BCUT2D eigenvalue weighted by Crippen LogP contribution is 2.39. The lowest BCUT2D eigenvalue weighted by molar-refractivity contribution is -0.210. The molecule has 0 aliphatic carbocycles. The predicted molar refractivity (Wildman–Crippen MR) is 71.6 cm³/mol. The van der Waals surface area contributed by atoms with Gasteiger partial charge in [0.15, 0.2) is 17.2 Å². The van der Waals surface area contributed by atoms with Crippen LogP contribution in [0.5, 0.6) is 0 Å². The highest BCUT2D eigenvalue weighted by Gasteiger charge is 2.56. The summed E-state index contributed by atoms with van der Waals surface area (Å²) in [7, 11) is -3.66. The molecular weight excluding hydrogens is 308 g/mol. The van der Waals surface area contributed by atoms with E-state index in [0.29, 0.717) is 0 Å². The Kier molecular flexibility index (Phi) is 4.49. The van der Waals surface area contributed by atoms with E-state index in [-0.39, 0.29) is 10.9 Å². The van der Waals surface area contributed by atoms with Crippen LogP contribution in [0, 0.1) is 0 Å². The number of carbonyl (C=O) groups excluding carboxylic acids is 1. The minimum absolute atomic E-state index is 0.0778. The fraction of sp³-hybridized carbons (Fsp3) is 0.909. The van der Waals surface area contributed by atoms with E-state index in [1.165, 1.54) is 6.92 Å². The van der Waals surface area contributed by atoms with Crippen molar-refractivity contribution in [2.24, 2.45) is 0 Å². The highest BCUT2D eigenvalue weighted by molar-refractivity contribution is 8.13. The van der Waals surface area contributed by atoms with Crippen molar-refractivity contribution in [1.29, 1.82) is 0 Å². The summed E-state index contributed by atoms with van der Waals surface area (Å²) in [6.45, 7) is 4.86. The van der Waals surface area contributed by atoms with Gasteiger partial charge in [-0.2, -0.15) is 8.42 Å². The molecule has 20 heavy (non-hydrogen) atoms. The van der Waals surface area contributed by atoms with Crippen molar-refractivity contribution in [2.45, 2.75) is 51.2 Å². The number of thioether (sulfide) groups is 1. The van der Waals surface area contributed by atoms with Crippen LogP contribution in [0.15, 0.2) is 0 Å². The fourth-order valence-corrected chi connectivity index (χ4v) is 3.50. The molecule has 0 N–H and O–H groups in total. The third-order valence-corrected chi connectivity index (χ3v) is 4.30. The average molecular weight is 326 g/mol. The lowest BCUT2D eigenvalue weighted by Crippen LogP contribution is -2.39. The summed E-state index contributed by atoms with van der Waals surface area (Å²) >= 11 is 1.05. The molecule has 116 valence electrons. The van der Waals surface area contributed by atoms with Gasteiger partial charge in [-0.15, -0.1) is 0 Å². The number of hydrogen-bond acceptors (Lipinski definition) is 8. The summed E-state index contributed by atoms with van der Waals surface area (Å²) in [5, 5.41) is -0.0778. The maximum absolute atomic E-state index is 11.4. The number of carbonyl (C=O) groups is 1. The van der Waals surface area contributed by atoms with Gasteiger partial charge < -0.3 is 14.2 Å². The smallest absolute Gasteiger partial charge is 0.264 e. The third-order valence-electron chi connectivity index (χ3n) is 2.82. The summed E-state index contributed by atoms with van der Waals surface area (Å²) in [5.41, 5.74) is 0. The molecule has 0 aromatic rings. The average Bonchev–Trinajstić information content (AvgIpc) is 2.68. The van der Waals surface area contributed by atoms with E-state index < -0.39 is 40.5 Å².